The molecule has 0 radical (unpaired) electrons. The number of ether oxygens (including phenoxy) is 1. The Bertz CT molecular complexity index is 509. The molecule has 2 N–H and O–H groups in total. The predicted molar refractivity (Wildman–Crippen MR) is 76.1 cm³/mol. The fraction of sp³-hybridized carbons (Fsp3) is 0.467. The van der Waals surface area contributed by atoms with E-state index < -0.39 is 5.97 Å². The van der Waals surface area contributed by atoms with E-state index in [-0.39, 0.29) is 23.6 Å². The molecule has 110 valence electrons. The van der Waals surface area contributed by atoms with Crippen molar-refractivity contribution in [3.8, 4) is 5.75 Å². The van der Waals surface area contributed by atoms with Crippen LogP contribution in [0.15, 0.2) is 18.2 Å². The normalized spacial score (nSPS) is 11.0. The number of carbonyl (C=O) groups is 2. The highest BCUT2D eigenvalue weighted by Gasteiger charge is 2.18. The van der Waals surface area contributed by atoms with Crippen LogP contribution in [0.2, 0.25) is 0 Å². The van der Waals surface area contributed by atoms with Gasteiger partial charge >= 0.3 is 5.97 Å². The van der Waals surface area contributed by atoms with Gasteiger partial charge in [0.2, 0.25) is 0 Å². The molecule has 1 amide bonds. The van der Waals surface area contributed by atoms with Crippen LogP contribution in [0.1, 0.15) is 43.1 Å². The number of hydrogen-bond donors (Lipinski definition) is 2. The number of nitrogens with one attached hydrogen (secondary N) is 1. The third-order valence-electron chi connectivity index (χ3n) is 3.23. The minimum atomic E-state index is -1.01. The van der Waals surface area contributed by atoms with Crippen LogP contribution in [0.25, 0.3) is 0 Å². The second-order valence-electron chi connectivity index (χ2n) is 5.31. The Balaban J connectivity index is 2.69. The Morgan fingerprint density at radius 3 is 2.55 bits per heavy atom. The van der Waals surface area contributed by atoms with Gasteiger partial charge in [0, 0.05) is 11.1 Å². The van der Waals surface area contributed by atoms with Crippen molar-refractivity contribution in [2.24, 2.45) is 0 Å². The lowest BCUT2D eigenvalue weighted by Crippen LogP contribution is -2.44. The van der Waals surface area contributed by atoms with Crippen LogP contribution in [0, 0.1) is 6.92 Å². The van der Waals surface area contributed by atoms with E-state index in [2.05, 4.69) is 5.32 Å². The third kappa shape index (κ3) is 4.26. The molecule has 0 spiro atoms. The SMILES string of the molecule is CCC(C)(C)NC(=O)COc1cccc(C(=O)O)c1C. The highest BCUT2D eigenvalue weighted by atomic mass is 16.5. The van der Waals surface area contributed by atoms with Crippen LogP contribution in [-0.4, -0.2) is 29.1 Å². The Hall–Kier alpha value is -2.04. The Kier molecular flexibility index (Phi) is 5.13. The summed E-state index contributed by atoms with van der Waals surface area (Å²) in [7, 11) is 0. The van der Waals surface area contributed by atoms with E-state index >= 15 is 0 Å². The molecular formula is C15H21NO4. The minimum absolute atomic E-state index is 0.132. The van der Waals surface area contributed by atoms with Crippen LogP contribution >= 0.6 is 0 Å². The van der Waals surface area contributed by atoms with E-state index in [1.807, 2.05) is 20.8 Å². The number of aromatic carboxylic acids is 1. The molecule has 0 bridgehead atoms. The molecular weight excluding hydrogens is 258 g/mol. The number of carboxylic acids is 1. The first kappa shape index (κ1) is 16.0. The molecule has 20 heavy (non-hydrogen) atoms. The van der Waals surface area contributed by atoms with E-state index in [4.69, 9.17) is 9.84 Å². The maximum atomic E-state index is 11.8. The van der Waals surface area contributed by atoms with Gasteiger partial charge in [-0.15, -0.1) is 0 Å². The van der Waals surface area contributed by atoms with Crippen LogP contribution in [-0.2, 0) is 4.79 Å². The van der Waals surface area contributed by atoms with Crippen molar-refractivity contribution >= 4 is 11.9 Å². The molecule has 5 heteroatoms. The highest BCUT2D eigenvalue weighted by molar-refractivity contribution is 5.90. The van der Waals surface area contributed by atoms with Crippen LogP contribution < -0.4 is 10.1 Å². The second kappa shape index (κ2) is 6.41. The van der Waals surface area contributed by atoms with Gasteiger partial charge in [0.25, 0.3) is 5.91 Å². The first-order valence-electron chi connectivity index (χ1n) is 6.53. The summed E-state index contributed by atoms with van der Waals surface area (Å²) in [6.45, 7) is 7.38. The van der Waals surface area contributed by atoms with Crippen molar-refractivity contribution in [1.82, 2.24) is 5.32 Å². The number of amides is 1. The van der Waals surface area contributed by atoms with Crippen LogP contribution in [0.4, 0.5) is 0 Å². The number of benzene rings is 1. The standard InChI is InChI=1S/C15H21NO4/c1-5-15(3,4)16-13(17)9-20-12-8-6-7-11(10(12)2)14(18)19/h6-8H,5,9H2,1-4H3,(H,16,17)(H,18,19). The molecule has 0 saturated carbocycles. The quantitative estimate of drug-likeness (QED) is 0.838. The van der Waals surface area contributed by atoms with Gasteiger partial charge in [0.1, 0.15) is 5.75 Å². The van der Waals surface area contributed by atoms with Gasteiger partial charge in [0.05, 0.1) is 5.56 Å². The van der Waals surface area contributed by atoms with E-state index in [9.17, 15) is 9.59 Å². The Labute approximate surface area is 118 Å². The van der Waals surface area contributed by atoms with Crippen molar-refractivity contribution in [1.29, 1.82) is 0 Å². The van der Waals surface area contributed by atoms with Crippen molar-refractivity contribution in [3.05, 3.63) is 29.3 Å². The number of rotatable bonds is 6. The molecule has 0 atom stereocenters. The molecule has 0 aliphatic rings. The number of carboxylic acid groups (broad SMARTS) is 1. The Morgan fingerprint density at radius 1 is 1.35 bits per heavy atom. The fourth-order valence-electron chi connectivity index (χ4n) is 1.65. The zero-order valence-corrected chi connectivity index (χ0v) is 12.3. The molecule has 0 aliphatic heterocycles. The van der Waals surface area contributed by atoms with Crippen molar-refractivity contribution in [2.45, 2.75) is 39.7 Å². The summed E-state index contributed by atoms with van der Waals surface area (Å²) >= 11 is 0. The molecule has 0 heterocycles. The van der Waals surface area contributed by atoms with Crippen molar-refractivity contribution < 1.29 is 19.4 Å². The maximum absolute atomic E-state index is 11.8. The number of hydrogen-bond acceptors (Lipinski definition) is 3. The molecule has 5 nitrogen and oxygen atoms in total. The largest absolute Gasteiger partial charge is 0.483 e. The topological polar surface area (TPSA) is 75.6 Å². The molecule has 1 aromatic carbocycles. The van der Waals surface area contributed by atoms with Gasteiger partial charge in [-0.2, -0.15) is 0 Å². The first-order valence-corrected chi connectivity index (χ1v) is 6.53. The predicted octanol–water partition coefficient (Wildman–Crippen LogP) is 2.38. The van der Waals surface area contributed by atoms with Gasteiger partial charge < -0.3 is 15.2 Å². The molecule has 0 fully saturated rings. The van der Waals surface area contributed by atoms with E-state index in [1.165, 1.54) is 6.07 Å². The van der Waals surface area contributed by atoms with E-state index in [0.717, 1.165) is 6.42 Å². The summed E-state index contributed by atoms with van der Waals surface area (Å²) in [6.07, 6.45) is 0.812. The minimum Gasteiger partial charge on any atom is -0.483 e. The van der Waals surface area contributed by atoms with E-state index in [1.54, 1.807) is 19.1 Å². The van der Waals surface area contributed by atoms with Crippen LogP contribution in [0.5, 0.6) is 5.75 Å². The summed E-state index contributed by atoms with van der Waals surface area (Å²) in [4.78, 5) is 22.8. The van der Waals surface area contributed by atoms with Gasteiger partial charge in [-0.1, -0.05) is 13.0 Å². The van der Waals surface area contributed by atoms with Gasteiger partial charge in [0.15, 0.2) is 6.61 Å². The summed E-state index contributed by atoms with van der Waals surface area (Å²) in [5, 5.41) is 11.9. The lowest BCUT2D eigenvalue weighted by molar-refractivity contribution is -0.124. The molecule has 0 aromatic heterocycles. The zero-order valence-electron chi connectivity index (χ0n) is 12.3. The average molecular weight is 279 g/mol. The van der Waals surface area contributed by atoms with Crippen molar-refractivity contribution in [3.63, 3.8) is 0 Å². The summed E-state index contributed by atoms with van der Waals surface area (Å²) in [6, 6.07) is 4.75. The smallest absolute Gasteiger partial charge is 0.336 e. The second-order valence-corrected chi connectivity index (χ2v) is 5.31. The molecule has 0 aliphatic carbocycles. The molecule has 0 unspecified atom stereocenters. The van der Waals surface area contributed by atoms with Gasteiger partial charge in [-0.05, 0) is 39.3 Å². The third-order valence-corrected chi connectivity index (χ3v) is 3.23. The Morgan fingerprint density at radius 2 is 2.00 bits per heavy atom. The van der Waals surface area contributed by atoms with E-state index in [0.29, 0.717) is 11.3 Å². The number of carbonyl (C=O) groups excluding carboxylic acids is 1. The summed E-state index contributed by atoms with van der Waals surface area (Å²) in [5.41, 5.74) is 0.414. The zero-order chi connectivity index (χ0) is 15.3. The van der Waals surface area contributed by atoms with Crippen molar-refractivity contribution in [2.75, 3.05) is 6.61 Å². The fourth-order valence-corrected chi connectivity index (χ4v) is 1.65. The lowest BCUT2D eigenvalue weighted by atomic mass is 10.0. The van der Waals surface area contributed by atoms with Crippen LogP contribution in [0.3, 0.4) is 0 Å². The summed E-state index contributed by atoms with van der Waals surface area (Å²) in [5.74, 6) is -0.823. The lowest BCUT2D eigenvalue weighted by Gasteiger charge is -2.24. The average Bonchev–Trinajstić information content (AvgIpc) is 2.36. The molecule has 0 saturated heterocycles. The molecule has 1 aromatic rings. The van der Waals surface area contributed by atoms with Gasteiger partial charge in [-0.25, -0.2) is 4.79 Å². The monoisotopic (exact) mass is 279 g/mol. The highest BCUT2D eigenvalue weighted by Crippen LogP contribution is 2.21. The van der Waals surface area contributed by atoms with Gasteiger partial charge in [-0.3, -0.25) is 4.79 Å². The summed E-state index contributed by atoms with van der Waals surface area (Å²) < 4.78 is 5.40. The first-order chi connectivity index (χ1) is 9.26. The molecule has 1 rings (SSSR count). The maximum Gasteiger partial charge on any atom is 0.336 e.